The number of likely N-dealkylation sites (tertiary alicyclic amines) is 1. The number of hydrogen-bond acceptors (Lipinski definition) is 5. The molecule has 30 heavy (non-hydrogen) atoms. The summed E-state index contributed by atoms with van der Waals surface area (Å²) >= 11 is 5.90. The molecule has 162 valence electrons. The quantitative estimate of drug-likeness (QED) is 0.697. The average molecular weight is 453 g/mol. The molecule has 1 saturated heterocycles. The first kappa shape index (κ1) is 22.4. The van der Waals surface area contributed by atoms with Crippen molar-refractivity contribution in [1.29, 1.82) is 0 Å². The van der Waals surface area contributed by atoms with E-state index in [1.54, 1.807) is 35.2 Å². The topological polar surface area (TPSA) is 84.9 Å². The van der Waals surface area contributed by atoms with Crippen LogP contribution in [0.15, 0.2) is 42.5 Å². The molecule has 0 aliphatic carbocycles. The molecule has 0 spiro atoms. The predicted octanol–water partition coefficient (Wildman–Crippen LogP) is 3.08. The minimum absolute atomic E-state index is 0.115. The monoisotopic (exact) mass is 452 g/mol. The van der Waals surface area contributed by atoms with Crippen LogP contribution >= 0.6 is 11.6 Å². The van der Waals surface area contributed by atoms with E-state index in [2.05, 4.69) is 4.72 Å². The number of carbonyl (C=O) groups excluding carboxylic acids is 1. The van der Waals surface area contributed by atoms with E-state index in [1.807, 2.05) is 12.1 Å². The maximum absolute atomic E-state index is 12.9. The maximum atomic E-state index is 12.9. The van der Waals surface area contributed by atoms with Crippen LogP contribution in [0.4, 0.5) is 0 Å². The largest absolute Gasteiger partial charge is 0.493 e. The fourth-order valence-corrected chi connectivity index (χ4v) is 4.31. The zero-order chi connectivity index (χ0) is 21.7. The van der Waals surface area contributed by atoms with E-state index in [9.17, 15) is 13.2 Å². The number of hydrogen-bond donors (Lipinski definition) is 1. The second kappa shape index (κ2) is 9.68. The Labute approximate surface area is 182 Å². The molecule has 1 aliphatic rings. The second-order valence-electron chi connectivity index (χ2n) is 7.24. The molecular weight excluding hydrogens is 428 g/mol. The van der Waals surface area contributed by atoms with Crippen LogP contribution in [0.3, 0.4) is 0 Å². The van der Waals surface area contributed by atoms with Gasteiger partial charge in [-0.1, -0.05) is 23.7 Å². The number of carbonyl (C=O) groups is 1. The normalized spacial score (nSPS) is 15.1. The fraction of sp³-hybridized carbons (Fsp3) is 0.381. The molecule has 1 N–H and O–H groups in total. The van der Waals surface area contributed by atoms with Gasteiger partial charge in [-0.25, -0.2) is 13.1 Å². The van der Waals surface area contributed by atoms with Gasteiger partial charge in [-0.15, -0.1) is 0 Å². The molecule has 7 nitrogen and oxygen atoms in total. The molecule has 0 atom stereocenters. The number of piperidine rings is 1. The number of sulfonamides is 1. The number of amides is 1. The predicted molar refractivity (Wildman–Crippen MR) is 116 cm³/mol. The minimum atomic E-state index is -3.25. The highest BCUT2D eigenvalue weighted by Gasteiger charge is 2.25. The van der Waals surface area contributed by atoms with E-state index in [-0.39, 0.29) is 11.9 Å². The molecule has 9 heteroatoms. The van der Waals surface area contributed by atoms with Crippen molar-refractivity contribution >= 4 is 27.5 Å². The molecular formula is C21H25ClN2O5S. The first-order valence-corrected chi connectivity index (χ1v) is 11.8. The van der Waals surface area contributed by atoms with Crippen molar-refractivity contribution in [3.63, 3.8) is 0 Å². The van der Waals surface area contributed by atoms with Gasteiger partial charge < -0.3 is 14.4 Å². The van der Waals surface area contributed by atoms with Crippen molar-refractivity contribution in [1.82, 2.24) is 9.62 Å². The molecule has 0 aromatic heterocycles. The molecule has 0 bridgehead atoms. The Hall–Kier alpha value is -2.29. The Kier molecular flexibility index (Phi) is 7.23. The number of nitrogens with zero attached hydrogens (tertiary/aromatic N) is 1. The van der Waals surface area contributed by atoms with Gasteiger partial charge in [-0.3, -0.25) is 4.79 Å². The van der Waals surface area contributed by atoms with E-state index in [1.165, 1.54) is 7.11 Å². The molecule has 2 aromatic carbocycles. The van der Waals surface area contributed by atoms with E-state index >= 15 is 0 Å². The fourth-order valence-electron chi connectivity index (χ4n) is 3.35. The van der Waals surface area contributed by atoms with Crippen LogP contribution in [0.1, 0.15) is 28.8 Å². The summed E-state index contributed by atoms with van der Waals surface area (Å²) in [6.45, 7) is 1.33. The Bertz CT molecular complexity index is 987. The molecule has 1 amide bonds. The maximum Gasteiger partial charge on any atom is 0.253 e. The smallest absolute Gasteiger partial charge is 0.253 e. The third-order valence-corrected chi connectivity index (χ3v) is 5.89. The lowest BCUT2D eigenvalue weighted by molar-refractivity contribution is 0.0711. The van der Waals surface area contributed by atoms with E-state index < -0.39 is 10.0 Å². The lowest BCUT2D eigenvalue weighted by Gasteiger charge is -2.32. The van der Waals surface area contributed by atoms with Gasteiger partial charge in [0.05, 0.1) is 13.4 Å². The van der Waals surface area contributed by atoms with Gasteiger partial charge in [0.1, 0.15) is 6.61 Å². The van der Waals surface area contributed by atoms with Gasteiger partial charge in [-0.2, -0.15) is 0 Å². The summed E-state index contributed by atoms with van der Waals surface area (Å²) in [5.41, 5.74) is 1.47. The van der Waals surface area contributed by atoms with Crippen LogP contribution in [0.25, 0.3) is 0 Å². The molecule has 0 unspecified atom stereocenters. The summed E-state index contributed by atoms with van der Waals surface area (Å²) in [5, 5.41) is 0.662. The zero-order valence-corrected chi connectivity index (χ0v) is 18.5. The average Bonchev–Trinajstić information content (AvgIpc) is 2.72. The third kappa shape index (κ3) is 6.10. The van der Waals surface area contributed by atoms with Gasteiger partial charge >= 0.3 is 0 Å². The number of nitrogens with one attached hydrogen (secondary N) is 1. The molecule has 1 fully saturated rings. The standard InChI is InChI=1S/C21H25ClN2O5S/c1-28-20-13-16(5-8-19(20)29-14-15-3-6-17(22)7-4-15)21(25)24-11-9-18(10-12-24)23-30(2,26)27/h3-8,13,18,23H,9-12,14H2,1-2H3. The number of halogens is 1. The van der Waals surface area contributed by atoms with E-state index in [4.69, 9.17) is 21.1 Å². The minimum Gasteiger partial charge on any atom is -0.493 e. The van der Waals surface area contributed by atoms with E-state index in [0.717, 1.165) is 11.8 Å². The van der Waals surface area contributed by atoms with Crippen LogP contribution in [0.2, 0.25) is 5.02 Å². The van der Waals surface area contributed by atoms with Crippen molar-refractivity contribution in [2.75, 3.05) is 26.5 Å². The molecule has 3 rings (SSSR count). The first-order valence-electron chi connectivity index (χ1n) is 9.57. The van der Waals surface area contributed by atoms with Crippen LogP contribution in [0.5, 0.6) is 11.5 Å². The van der Waals surface area contributed by atoms with Gasteiger partial charge in [0, 0.05) is 29.7 Å². The summed E-state index contributed by atoms with van der Waals surface area (Å²) in [7, 11) is -1.72. The summed E-state index contributed by atoms with van der Waals surface area (Å²) in [4.78, 5) is 14.6. The molecule has 1 aliphatic heterocycles. The molecule has 1 heterocycles. The Morgan fingerprint density at radius 2 is 1.80 bits per heavy atom. The lowest BCUT2D eigenvalue weighted by Crippen LogP contribution is -2.46. The summed E-state index contributed by atoms with van der Waals surface area (Å²) in [6.07, 6.45) is 2.31. The summed E-state index contributed by atoms with van der Waals surface area (Å²) in [5.74, 6) is 0.902. The van der Waals surface area contributed by atoms with Crippen molar-refractivity contribution in [2.24, 2.45) is 0 Å². The third-order valence-electron chi connectivity index (χ3n) is 4.88. The summed E-state index contributed by atoms with van der Waals surface area (Å²) < 4.78 is 36.6. The highest BCUT2D eigenvalue weighted by atomic mass is 35.5. The highest BCUT2D eigenvalue weighted by Crippen LogP contribution is 2.30. The number of ether oxygens (including phenoxy) is 2. The van der Waals surface area contributed by atoms with E-state index in [0.29, 0.717) is 54.6 Å². The van der Waals surface area contributed by atoms with Crippen LogP contribution in [0, 0.1) is 0 Å². The van der Waals surface area contributed by atoms with Gasteiger partial charge in [0.25, 0.3) is 5.91 Å². The molecule has 0 radical (unpaired) electrons. The highest BCUT2D eigenvalue weighted by molar-refractivity contribution is 7.88. The van der Waals surface area contributed by atoms with Crippen LogP contribution in [-0.4, -0.2) is 51.7 Å². The lowest BCUT2D eigenvalue weighted by atomic mass is 10.0. The first-order chi connectivity index (χ1) is 14.2. The SMILES string of the molecule is COc1cc(C(=O)N2CCC(NS(C)(=O)=O)CC2)ccc1OCc1ccc(Cl)cc1. The molecule has 2 aromatic rings. The Morgan fingerprint density at radius 1 is 1.13 bits per heavy atom. The Balaban J connectivity index is 1.62. The van der Waals surface area contributed by atoms with Crippen LogP contribution in [-0.2, 0) is 16.6 Å². The van der Waals surface area contributed by atoms with Crippen molar-refractivity contribution in [3.05, 3.63) is 58.6 Å². The van der Waals surface area contributed by atoms with Crippen LogP contribution < -0.4 is 14.2 Å². The summed E-state index contributed by atoms with van der Waals surface area (Å²) in [6, 6.07) is 12.3. The zero-order valence-electron chi connectivity index (χ0n) is 16.9. The van der Waals surface area contributed by atoms with Gasteiger partial charge in [0.2, 0.25) is 10.0 Å². The van der Waals surface area contributed by atoms with Crippen molar-refractivity contribution < 1.29 is 22.7 Å². The molecule has 0 saturated carbocycles. The Morgan fingerprint density at radius 3 is 2.40 bits per heavy atom. The number of methoxy groups -OCH3 is 1. The van der Waals surface area contributed by atoms with Crippen molar-refractivity contribution in [3.8, 4) is 11.5 Å². The second-order valence-corrected chi connectivity index (χ2v) is 9.45. The number of benzene rings is 2. The van der Waals surface area contributed by atoms with Crippen molar-refractivity contribution in [2.45, 2.75) is 25.5 Å². The van der Waals surface area contributed by atoms with Gasteiger partial charge in [0.15, 0.2) is 11.5 Å². The van der Waals surface area contributed by atoms with Gasteiger partial charge in [-0.05, 0) is 48.7 Å². The number of rotatable bonds is 7.